The molecule has 0 bridgehead atoms. The number of sulfone groups is 1. The van der Waals surface area contributed by atoms with Crippen LogP contribution in [0.15, 0.2) is 0 Å². The van der Waals surface area contributed by atoms with Gasteiger partial charge in [-0.05, 0) is 26.3 Å². The smallest absolute Gasteiger partial charge is 0.151 e. The minimum absolute atomic E-state index is 0.434. The summed E-state index contributed by atoms with van der Waals surface area (Å²) in [7, 11) is -1.07. The molecule has 0 saturated heterocycles. The van der Waals surface area contributed by atoms with E-state index in [1.165, 1.54) is 19.1 Å². The SMILES string of the molecule is CN(CC1(C#N)CC1S(C)(=O)=O)C1CC1. The first-order valence-electron chi connectivity index (χ1n) is 5.19. The van der Waals surface area contributed by atoms with E-state index in [2.05, 4.69) is 11.0 Å². The van der Waals surface area contributed by atoms with Crippen LogP contribution in [-0.4, -0.2) is 44.5 Å². The van der Waals surface area contributed by atoms with Crippen molar-refractivity contribution in [2.75, 3.05) is 19.8 Å². The molecule has 0 N–H and O–H groups in total. The largest absolute Gasteiger partial charge is 0.302 e. The van der Waals surface area contributed by atoms with Crippen molar-refractivity contribution < 1.29 is 8.42 Å². The fourth-order valence-electron chi connectivity index (χ4n) is 2.24. The van der Waals surface area contributed by atoms with Crippen molar-refractivity contribution in [3.8, 4) is 6.07 Å². The first kappa shape index (κ1) is 10.9. The van der Waals surface area contributed by atoms with E-state index in [4.69, 9.17) is 5.26 Å². The molecule has 0 aromatic heterocycles. The molecule has 2 rings (SSSR count). The van der Waals surface area contributed by atoms with E-state index < -0.39 is 20.5 Å². The number of hydrogen-bond acceptors (Lipinski definition) is 4. The first-order valence-corrected chi connectivity index (χ1v) is 7.15. The zero-order chi connectivity index (χ0) is 11.3. The van der Waals surface area contributed by atoms with Gasteiger partial charge in [0.2, 0.25) is 0 Å². The molecule has 2 aliphatic rings. The molecule has 15 heavy (non-hydrogen) atoms. The van der Waals surface area contributed by atoms with Crippen molar-refractivity contribution in [1.82, 2.24) is 4.90 Å². The molecule has 0 aromatic carbocycles. The Balaban J connectivity index is 2.04. The lowest BCUT2D eigenvalue weighted by Crippen LogP contribution is -2.31. The third-order valence-corrected chi connectivity index (χ3v) is 5.10. The number of nitriles is 1. The van der Waals surface area contributed by atoms with E-state index in [9.17, 15) is 8.42 Å². The molecule has 2 atom stereocenters. The average Bonchev–Trinajstić information content (AvgIpc) is 2.98. The lowest BCUT2D eigenvalue weighted by molar-refractivity contribution is 0.285. The Morgan fingerprint density at radius 2 is 2.13 bits per heavy atom. The Morgan fingerprint density at radius 3 is 2.47 bits per heavy atom. The molecule has 2 fully saturated rings. The predicted octanol–water partition coefficient (Wildman–Crippen LogP) is 0.407. The zero-order valence-electron chi connectivity index (χ0n) is 9.10. The highest BCUT2D eigenvalue weighted by molar-refractivity contribution is 7.91. The van der Waals surface area contributed by atoms with Gasteiger partial charge in [-0.25, -0.2) is 8.42 Å². The van der Waals surface area contributed by atoms with Gasteiger partial charge in [-0.1, -0.05) is 0 Å². The van der Waals surface area contributed by atoms with Gasteiger partial charge in [0, 0.05) is 18.8 Å². The zero-order valence-corrected chi connectivity index (χ0v) is 9.92. The Labute approximate surface area is 90.8 Å². The Bertz CT molecular complexity index is 408. The van der Waals surface area contributed by atoms with Crippen molar-refractivity contribution in [3.05, 3.63) is 0 Å². The van der Waals surface area contributed by atoms with Crippen LogP contribution in [0.5, 0.6) is 0 Å². The van der Waals surface area contributed by atoms with E-state index in [0.717, 1.165) is 0 Å². The summed E-state index contributed by atoms with van der Waals surface area (Å²) in [6, 6.07) is 2.78. The normalized spacial score (nSPS) is 35.2. The second-order valence-corrected chi connectivity index (χ2v) is 7.16. The molecular formula is C10H16N2O2S. The topological polar surface area (TPSA) is 61.2 Å². The van der Waals surface area contributed by atoms with Crippen LogP contribution in [0.4, 0.5) is 0 Å². The molecule has 0 heterocycles. The number of nitrogens with zero attached hydrogens (tertiary/aromatic N) is 2. The molecule has 0 aromatic rings. The summed E-state index contributed by atoms with van der Waals surface area (Å²) in [4.78, 5) is 2.13. The van der Waals surface area contributed by atoms with Crippen molar-refractivity contribution in [2.45, 2.75) is 30.6 Å². The molecule has 0 radical (unpaired) electrons. The fourth-order valence-corrected chi connectivity index (χ4v) is 3.79. The summed E-state index contributed by atoms with van der Waals surface area (Å²) in [6.07, 6.45) is 4.11. The van der Waals surface area contributed by atoms with Crippen molar-refractivity contribution in [1.29, 1.82) is 5.26 Å². The fraction of sp³-hybridized carbons (Fsp3) is 0.900. The van der Waals surface area contributed by atoms with Crippen LogP contribution < -0.4 is 0 Å². The second-order valence-electron chi connectivity index (χ2n) is 4.94. The maximum Gasteiger partial charge on any atom is 0.151 e. The Morgan fingerprint density at radius 1 is 1.53 bits per heavy atom. The molecule has 0 aliphatic heterocycles. The second kappa shape index (κ2) is 3.19. The summed E-state index contributed by atoms with van der Waals surface area (Å²) in [5.74, 6) is 0. The van der Waals surface area contributed by atoms with Gasteiger partial charge in [-0.3, -0.25) is 0 Å². The van der Waals surface area contributed by atoms with Crippen LogP contribution in [0.3, 0.4) is 0 Å². The minimum Gasteiger partial charge on any atom is -0.302 e. The highest BCUT2D eigenvalue weighted by atomic mass is 32.2. The van der Waals surface area contributed by atoms with Crippen molar-refractivity contribution in [2.24, 2.45) is 5.41 Å². The van der Waals surface area contributed by atoms with Crippen LogP contribution in [0.2, 0.25) is 0 Å². The first-order chi connectivity index (χ1) is 6.89. The number of hydrogen-bond donors (Lipinski definition) is 0. The number of rotatable bonds is 4. The highest BCUT2D eigenvalue weighted by Gasteiger charge is 2.61. The molecule has 2 saturated carbocycles. The summed E-state index contributed by atoms with van der Waals surface area (Å²) in [5.41, 5.74) is -0.620. The summed E-state index contributed by atoms with van der Waals surface area (Å²) in [6.45, 7) is 0.603. The molecule has 0 amide bonds. The van der Waals surface area contributed by atoms with Crippen LogP contribution >= 0.6 is 0 Å². The van der Waals surface area contributed by atoms with Gasteiger partial charge in [0.05, 0.1) is 16.7 Å². The minimum atomic E-state index is -3.05. The Kier molecular flexibility index (Phi) is 2.32. The maximum absolute atomic E-state index is 11.4. The molecule has 2 unspecified atom stereocenters. The van der Waals surface area contributed by atoms with Crippen LogP contribution in [0, 0.1) is 16.7 Å². The van der Waals surface area contributed by atoms with E-state index in [0.29, 0.717) is 19.0 Å². The van der Waals surface area contributed by atoms with Gasteiger partial charge in [0.15, 0.2) is 9.84 Å². The molecule has 4 nitrogen and oxygen atoms in total. The van der Waals surface area contributed by atoms with Crippen LogP contribution in [0.25, 0.3) is 0 Å². The summed E-state index contributed by atoms with van der Waals surface area (Å²) in [5, 5.41) is 8.67. The monoisotopic (exact) mass is 228 g/mol. The van der Waals surface area contributed by atoms with E-state index in [-0.39, 0.29) is 0 Å². The van der Waals surface area contributed by atoms with Gasteiger partial charge in [-0.2, -0.15) is 5.26 Å². The van der Waals surface area contributed by atoms with Crippen LogP contribution in [-0.2, 0) is 9.84 Å². The standard InChI is InChI=1S/C10H16N2O2S/c1-12(8-3-4-8)7-10(6-11)5-9(10)15(2,13)14/h8-9H,3-5,7H2,1-2H3. The predicted molar refractivity (Wildman–Crippen MR) is 56.9 cm³/mol. The highest BCUT2D eigenvalue weighted by Crippen LogP contribution is 2.51. The third kappa shape index (κ3) is 2.01. The summed E-state index contributed by atoms with van der Waals surface area (Å²) >= 11 is 0. The van der Waals surface area contributed by atoms with Gasteiger partial charge >= 0.3 is 0 Å². The van der Waals surface area contributed by atoms with Crippen LogP contribution in [0.1, 0.15) is 19.3 Å². The van der Waals surface area contributed by atoms with E-state index in [1.807, 2.05) is 7.05 Å². The van der Waals surface area contributed by atoms with Crippen molar-refractivity contribution >= 4 is 9.84 Å². The molecule has 5 heteroatoms. The maximum atomic E-state index is 11.4. The van der Waals surface area contributed by atoms with Crippen molar-refractivity contribution in [3.63, 3.8) is 0 Å². The molecule has 84 valence electrons. The third-order valence-electron chi connectivity index (χ3n) is 3.45. The van der Waals surface area contributed by atoms with Gasteiger partial charge in [0.1, 0.15) is 0 Å². The van der Waals surface area contributed by atoms with Gasteiger partial charge in [-0.15, -0.1) is 0 Å². The molecule has 0 spiro atoms. The van der Waals surface area contributed by atoms with E-state index >= 15 is 0 Å². The lowest BCUT2D eigenvalue weighted by Gasteiger charge is -2.19. The molecule has 2 aliphatic carbocycles. The summed E-state index contributed by atoms with van der Waals surface area (Å²) < 4.78 is 22.7. The van der Waals surface area contributed by atoms with E-state index in [1.54, 1.807) is 0 Å². The molecular weight excluding hydrogens is 212 g/mol. The Hall–Kier alpha value is -0.600. The average molecular weight is 228 g/mol. The van der Waals surface area contributed by atoms with Gasteiger partial charge in [0.25, 0.3) is 0 Å². The lowest BCUT2D eigenvalue weighted by atomic mass is 10.1. The van der Waals surface area contributed by atoms with Gasteiger partial charge < -0.3 is 4.90 Å². The quantitative estimate of drug-likeness (QED) is 0.699.